The van der Waals surface area contributed by atoms with Gasteiger partial charge in [-0.2, -0.15) is 0 Å². The molecule has 0 spiro atoms. The van der Waals surface area contributed by atoms with Crippen LogP contribution in [0.2, 0.25) is 0 Å². The van der Waals surface area contributed by atoms with E-state index in [-0.39, 0.29) is 5.91 Å². The molecule has 5 heteroatoms. The smallest absolute Gasteiger partial charge is 0.256 e. The zero-order chi connectivity index (χ0) is 16.8. The lowest BCUT2D eigenvalue weighted by Gasteiger charge is -2.12. The van der Waals surface area contributed by atoms with Gasteiger partial charge in [-0.3, -0.25) is 4.79 Å². The topological polar surface area (TPSA) is 47.6 Å². The standard InChI is InChI=1S/C19H21NO3S/c1-22-15-7-4-6-14(12-15)20-19(21)17-9-2-3-10-18(17)24-13-16-8-5-11-23-16/h2-4,6-7,9-10,12,16H,5,8,11,13H2,1H3,(H,20,21). The first-order valence-electron chi connectivity index (χ1n) is 8.05. The van der Waals surface area contributed by atoms with Crippen LogP contribution in [0.25, 0.3) is 0 Å². The summed E-state index contributed by atoms with van der Waals surface area (Å²) in [5.41, 5.74) is 1.40. The van der Waals surface area contributed by atoms with Crippen LogP contribution in [0, 0.1) is 0 Å². The molecule has 126 valence electrons. The van der Waals surface area contributed by atoms with Crippen molar-refractivity contribution in [2.24, 2.45) is 0 Å². The lowest BCUT2D eigenvalue weighted by atomic mass is 10.2. The van der Waals surface area contributed by atoms with Gasteiger partial charge in [0.05, 0.1) is 18.8 Å². The number of benzene rings is 2. The Morgan fingerprint density at radius 1 is 1.29 bits per heavy atom. The molecule has 1 fully saturated rings. The molecule has 0 aromatic heterocycles. The van der Waals surface area contributed by atoms with Crippen molar-refractivity contribution in [3.8, 4) is 5.75 Å². The molecule has 4 nitrogen and oxygen atoms in total. The maximum atomic E-state index is 12.6. The van der Waals surface area contributed by atoms with Gasteiger partial charge in [0.15, 0.2) is 0 Å². The predicted octanol–water partition coefficient (Wildman–Crippen LogP) is 4.22. The van der Waals surface area contributed by atoms with Crippen LogP contribution >= 0.6 is 11.8 Å². The largest absolute Gasteiger partial charge is 0.497 e. The van der Waals surface area contributed by atoms with Gasteiger partial charge in [-0.15, -0.1) is 11.8 Å². The minimum Gasteiger partial charge on any atom is -0.497 e. The summed E-state index contributed by atoms with van der Waals surface area (Å²) in [6, 6.07) is 15.0. The Morgan fingerprint density at radius 2 is 2.17 bits per heavy atom. The molecule has 0 radical (unpaired) electrons. The average Bonchev–Trinajstić information content (AvgIpc) is 3.14. The van der Waals surface area contributed by atoms with Gasteiger partial charge < -0.3 is 14.8 Å². The maximum Gasteiger partial charge on any atom is 0.256 e. The summed E-state index contributed by atoms with van der Waals surface area (Å²) in [4.78, 5) is 13.6. The molecule has 0 aliphatic carbocycles. The second-order valence-corrected chi connectivity index (χ2v) is 6.69. The maximum absolute atomic E-state index is 12.6. The number of carbonyl (C=O) groups excluding carboxylic acids is 1. The average molecular weight is 343 g/mol. The van der Waals surface area contributed by atoms with E-state index in [1.807, 2.05) is 42.5 Å². The summed E-state index contributed by atoms with van der Waals surface area (Å²) in [5, 5.41) is 2.94. The van der Waals surface area contributed by atoms with E-state index in [4.69, 9.17) is 9.47 Å². The normalized spacial score (nSPS) is 16.8. The van der Waals surface area contributed by atoms with Crippen molar-refractivity contribution < 1.29 is 14.3 Å². The van der Waals surface area contributed by atoms with Gasteiger partial charge in [0, 0.05) is 29.0 Å². The van der Waals surface area contributed by atoms with Crippen molar-refractivity contribution >= 4 is 23.4 Å². The molecule has 1 saturated heterocycles. The second kappa shape index (κ2) is 8.22. The van der Waals surface area contributed by atoms with Crippen LogP contribution in [0.4, 0.5) is 5.69 Å². The van der Waals surface area contributed by atoms with E-state index in [0.717, 1.165) is 35.8 Å². The first-order chi connectivity index (χ1) is 11.8. The number of thioether (sulfide) groups is 1. The first kappa shape index (κ1) is 16.9. The van der Waals surface area contributed by atoms with E-state index in [1.54, 1.807) is 24.9 Å². The summed E-state index contributed by atoms with van der Waals surface area (Å²) in [7, 11) is 1.61. The van der Waals surface area contributed by atoms with Crippen LogP contribution in [0.3, 0.4) is 0 Å². The molecule has 2 aromatic carbocycles. The van der Waals surface area contributed by atoms with Crippen molar-refractivity contribution in [3.05, 3.63) is 54.1 Å². The Hall–Kier alpha value is -1.98. The molecule has 0 saturated carbocycles. The van der Waals surface area contributed by atoms with Crippen LogP contribution in [0.1, 0.15) is 23.2 Å². The Bertz CT molecular complexity index is 699. The zero-order valence-electron chi connectivity index (χ0n) is 13.7. The highest BCUT2D eigenvalue weighted by Crippen LogP contribution is 2.27. The van der Waals surface area contributed by atoms with E-state index in [0.29, 0.717) is 17.4 Å². The molecule has 1 atom stereocenters. The van der Waals surface area contributed by atoms with Crippen molar-refractivity contribution in [1.29, 1.82) is 0 Å². The molecule has 1 aliphatic rings. The first-order valence-corrected chi connectivity index (χ1v) is 9.03. The van der Waals surface area contributed by atoms with E-state index >= 15 is 0 Å². The highest BCUT2D eigenvalue weighted by Gasteiger charge is 2.18. The Morgan fingerprint density at radius 3 is 2.96 bits per heavy atom. The zero-order valence-corrected chi connectivity index (χ0v) is 14.5. The number of ether oxygens (including phenoxy) is 2. The Balaban J connectivity index is 1.69. The molecule has 1 amide bonds. The fourth-order valence-electron chi connectivity index (χ4n) is 2.64. The fraction of sp³-hybridized carbons (Fsp3) is 0.316. The molecule has 0 bridgehead atoms. The fourth-order valence-corrected chi connectivity index (χ4v) is 3.76. The third kappa shape index (κ3) is 4.30. The van der Waals surface area contributed by atoms with Gasteiger partial charge >= 0.3 is 0 Å². The Kier molecular flexibility index (Phi) is 5.77. The van der Waals surface area contributed by atoms with E-state index in [9.17, 15) is 4.79 Å². The third-order valence-electron chi connectivity index (χ3n) is 3.91. The number of rotatable bonds is 6. The lowest BCUT2D eigenvalue weighted by Crippen LogP contribution is -2.14. The molecule has 1 N–H and O–H groups in total. The number of amides is 1. The van der Waals surface area contributed by atoms with Crippen molar-refractivity contribution in [2.75, 3.05) is 24.8 Å². The molecule has 24 heavy (non-hydrogen) atoms. The molecule has 2 aromatic rings. The number of nitrogens with one attached hydrogen (secondary N) is 1. The van der Waals surface area contributed by atoms with Crippen LogP contribution in [0.15, 0.2) is 53.4 Å². The number of carbonyl (C=O) groups is 1. The van der Waals surface area contributed by atoms with Gasteiger partial charge in [-0.25, -0.2) is 0 Å². The highest BCUT2D eigenvalue weighted by atomic mass is 32.2. The minimum atomic E-state index is -0.112. The summed E-state index contributed by atoms with van der Waals surface area (Å²) in [5.74, 6) is 1.48. The van der Waals surface area contributed by atoms with Gasteiger partial charge in [-0.05, 0) is 37.1 Å². The van der Waals surface area contributed by atoms with E-state index < -0.39 is 0 Å². The predicted molar refractivity (Wildman–Crippen MR) is 97.1 cm³/mol. The SMILES string of the molecule is COc1cccc(NC(=O)c2ccccc2SCC2CCCO2)c1. The molecular weight excluding hydrogens is 322 g/mol. The van der Waals surface area contributed by atoms with Crippen molar-refractivity contribution in [1.82, 2.24) is 0 Å². The van der Waals surface area contributed by atoms with Crippen LogP contribution in [-0.4, -0.2) is 31.5 Å². The number of anilines is 1. The molecule has 3 rings (SSSR count). The molecular formula is C19H21NO3S. The summed E-state index contributed by atoms with van der Waals surface area (Å²) in [6.45, 7) is 0.850. The van der Waals surface area contributed by atoms with E-state index in [2.05, 4.69) is 5.32 Å². The quantitative estimate of drug-likeness (QED) is 0.798. The summed E-state index contributed by atoms with van der Waals surface area (Å²) < 4.78 is 10.9. The van der Waals surface area contributed by atoms with Crippen LogP contribution < -0.4 is 10.1 Å². The van der Waals surface area contributed by atoms with Gasteiger partial charge in [-0.1, -0.05) is 18.2 Å². The lowest BCUT2D eigenvalue weighted by molar-refractivity contribution is 0.102. The number of hydrogen-bond donors (Lipinski definition) is 1. The van der Waals surface area contributed by atoms with Gasteiger partial charge in [0.2, 0.25) is 0 Å². The minimum absolute atomic E-state index is 0.112. The molecule has 1 unspecified atom stereocenters. The summed E-state index contributed by atoms with van der Waals surface area (Å²) >= 11 is 1.68. The Labute approximate surface area is 146 Å². The number of hydrogen-bond acceptors (Lipinski definition) is 4. The molecule has 1 heterocycles. The van der Waals surface area contributed by atoms with Gasteiger partial charge in [0.25, 0.3) is 5.91 Å². The van der Waals surface area contributed by atoms with Crippen molar-refractivity contribution in [2.45, 2.75) is 23.8 Å². The molecule has 1 aliphatic heterocycles. The summed E-state index contributed by atoms with van der Waals surface area (Å²) in [6.07, 6.45) is 2.53. The van der Waals surface area contributed by atoms with Crippen molar-refractivity contribution in [3.63, 3.8) is 0 Å². The third-order valence-corrected chi connectivity index (χ3v) is 5.11. The van der Waals surface area contributed by atoms with Crippen LogP contribution in [0.5, 0.6) is 5.75 Å². The van der Waals surface area contributed by atoms with Gasteiger partial charge in [0.1, 0.15) is 5.75 Å². The number of methoxy groups -OCH3 is 1. The second-order valence-electron chi connectivity index (χ2n) is 5.63. The monoisotopic (exact) mass is 343 g/mol. The van der Waals surface area contributed by atoms with Crippen LogP contribution in [-0.2, 0) is 4.74 Å². The highest BCUT2D eigenvalue weighted by molar-refractivity contribution is 7.99. The van der Waals surface area contributed by atoms with E-state index in [1.165, 1.54) is 0 Å².